The van der Waals surface area contributed by atoms with Gasteiger partial charge in [0.15, 0.2) is 0 Å². The lowest BCUT2D eigenvalue weighted by Gasteiger charge is -2.36. The van der Waals surface area contributed by atoms with Crippen LogP contribution in [0.5, 0.6) is 0 Å². The highest BCUT2D eigenvalue weighted by Crippen LogP contribution is 2.29. The zero-order valence-corrected chi connectivity index (χ0v) is 13.1. The summed E-state index contributed by atoms with van der Waals surface area (Å²) in [5, 5.41) is 3.23. The number of hydrogen-bond donors (Lipinski definition) is 1. The normalized spacial score (nSPS) is 23.2. The smallest absolute Gasteiger partial charge is 0.223 e. The van der Waals surface area contributed by atoms with Gasteiger partial charge in [0.1, 0.15) is 0 Å². The predicted octanol–water partition coefficient (Wildman–Crippen LogP) is 2.73. The summed E-state index contributed by atoms with van der Waals surface area (Å²) >= 11 is 3.55. The van der Waals surface area contributed by atoms with E-state index in [9.17, 15) is 4.79 Å². The van der Waals surface area contributed by atoms with Crippen molar-refractivity contribution in [2.45, 2.75) is 38.1 Å². The van der Waals surface area contributed by atoms with Gasteiger partial charge < -0.3 is 10.2 Å². The number of halogens is 1. The molecular weight excluding hydrogens is 318 g/mol. The fourth-order valence-electron chi connectivity index (χ4n) is 2.93. The van der Waals surface area contributed by atoms with Crippen LogP contribution < -0.4 is 10.2 Å². The first-order valence-corrected chi connectivity index (χ1v) is 8.18. The van der Waals surface area contributed by atoms with E-state index in [-0.39, 0.29) is 17.9 Å². The number of amides is 1. The number of hydrogen-bond acceptors (Lipinski definition) is 3. The van der Waals surface area contributed by atoms with Gasteiger partial charge in [0.05, 0.1) is 10.2 Å². The number of nitrogens with one attached hydrogen (secondary N) is 1. The van der Waals surface area contributed by atoms with Gasteiger partial charge in [-0.15, -0.1) is 0 Å². The molecule has 1 N–H and O–H groups in total. The van der Waals surface area contributed by atoms with Gasteiger partial charge in [-0.3, -0.25) is 9.78 Å². The van der Waals surface area contributed by atoms with E-state index in [1.807, 2.05) is 18.5 Å². The highest BCUT2D eigenvalue weighted by atomic mass is 79.9. The molecule has 2 aliphatic rings. The summed E-state index contributed by atoms with van der Waals surface area (Å²) in [5.74, 6) is 0.537. The topological polar surface area (TPSA) is 45.2 Å². The molecule has 1 aliphatic heterocycles. The molecule has 1 saturated heterocycles. The van der Waals surface area contributed by atoms with Crippen LogP contribution in [0.3, 0.4) is 0 Å². The van der Waals surface area contributed by atoms with Crippen molar-refractivity contribution in [3.05, 3.63) is 22.9 Å². The van der Waals surface area contributed by atoms with Crippen LogP contribution in [0.1, 0.15) is 32.1 Å². The number of carbonyl (C=O) groups is 1. The Labute approximate surface area is 128 Å². The third-order valence-corrected chi connectivity index (χ3v) is 4.95. The standard InChI is InChI=1S/C15H20BrN3O/c16-13-9-17-7-6-14(13)19-8-2-5-12(10-19)18-15(20)11-3-1-4-11/h6-7,9,11-12H,1-5,8,10H2,(H,18,20). The molecule has 0 spiro atoms. The van der Waals surface area contributed by atoms with E-state index in [1.165, 1.54) is 12.1 Å². The molecule has 0 bridgehead atoms. The number of carbonyl (C=O) groups excluding carboxylic acids is 1. The fraction of sp³-hybridized carbons (Fsp3) is 0.600. The third kappa shape index (κ3) is 2.97. The first-order chi connectivity index (χ1) is 9.74. The van der Waals surface area contributed by atoms with E-state index in [1.54, 1.807) is 0 Å². The molecule has 0 radical (unpaired) electrons. The van der Waals surface area contributed by atoms with Crippen LogP contribution in [0.2, 0.25) is 0 Å². The molecule has 1 unspecified atom stereocenters. The second kappa shape index (κ2) is 6.12. The van der Waals surface area contributed by atoms with Gasteiger partial charge in [-0.25, -0.2) is 0 Å². The first-order valence-electron chi connectivity index (χ1n) is 7.39. The van der Waals surface area contributed by atoms with E-state index in [4.69, 9.17) is 0 Å². The SMILES string of the molecule is O=C(NC1CCCN(c2ccncc2Br)C1)C1CCC1. The highest BCUT2D eigenvalue weighted by molar-refractivity contribution is 9.10. The number of pyridine rings is 1. The van der Waals surface area contributed by atoms with Crippen molar-refractivity contribution in [3.63, 3.8) is 0 Å². The lowest BCUT2D eigenvalue weighted by Crippen LogP contribution is -2.50. The molecule has 4 nitrogen and oxygen atoms in total. The number of piperidine rings is 1. The first kappa shape index (κ1) is 13.9. The number of rotatable bonds is 3. The molecule has 1 aromatic rings. The van der Waals surface area contributed by atoms with Crippen LogP contribution in [0.4, 0.5) is 5.69 Å². The average molecular weight is 338 g/mol. The minimum Gasteiger partial charge on any atom is -0.368 e. The zero-order chi connectivity index (χ0) is 13.9. The Morgan fingerprint density at radius 3 is 2.90 bits per heavy atom. The van der Waals surface area contributed by atoms with Crippen molar-refractivity contribution < 1.29 is 4.79 Å². The molecule has 1 aliphatic carbocycles. The molecule has 1 aromatic heterocycles. The quantitative estimate of drug-likeness (QED) is 0.922. The predicted molar refractivity (Wildman–Crippen MR) is 82.7 cm³/mol. The van der Waals surface area contributed by atoms with E-state index in [0.29, 0.717) is 0 Å². The molecule has 1 amide bonds. The van der Waals surface area contributed by atoms with Crippen LogP contribution in [0.25, 0.3) is 0 Å². The summed E-state index contributed by atoms with van der Waals surface area (Å²) in [5.41, 5.74) is 1.17. The Morgan fingerprint density at radius 1 is 1.35 bits per heavy atom. The maximum atomic E-state index is 12.1. The van der Waals surface area contributed by atoms with Gasteiger partial charge in [-0.2, -0.15) is 0 Å². The summed E-state index contributed by atoms with van der Waals surface area (Å²) in [7, 11) is 0. The Balaban J connectivity index is 1.61. The Hall–Kier alpha value is -1.10. The maximum absolute atomic E-state index is 12.1. The van der Waals surface area contributed by atoms with Crippen molar-refractivity contribution in [1.82, 2.24) is 10.3 Å². The van der Waals surface area contributed by atoms with E-state index < -0.39 is 0 Å². The lowest BCUT2D eigenvalue weighted by molar-refractivity contribution is -0.128. The number of nitrogens with zero attached hydrogens (tertiary/aromatic N) is 2. The Bertz CT molecular complexity index is 490. The van der Waals surface area contributed by atoms with Crippen molar-refractivity contribution in [2.75, 3.05) is 18.0 Å². The van der Waals surface area contributed by atoms with Crippen LogP contribution in [-0.4, -0.2) is 30.0 Å². The summed E-state index contributed by atoms with van der Waals surface area (Å²) in [4.78, 5) is 18.5. The molecule has 20 heavy (non-hydrogen) atoms. The summed E-state index contributed by atoms with van der Waals surface area (Å²) in [6, 6.07) is 2.30. The lowest BCUT2D eigenvalue weighted by atomic mass is 9.84. The van der Waals surface area contributed by atoms with Crippen LogP contribution in [0, 0.1) is 5.92 Å². The molecule has 2 heterocycles. The fourth-order valence-corrected chi connectivity index (χ4v) is 3.43. The summed E-state index contributed by atoms with van der Waals surface area (Å²) in [6.45, 7) is 1.93. The molecular formula is C15H20BrN3O. The van der Waals surface area contributed by atoms with E-state index in [0.717, 1.165) is 43.2 Å². The van der Waals surface area contributed by atoms with Crippen molar-refractivity contribution in [2.24, 2.45) is 5.92 Å². The van der Waals surface area contributed by atoms with Gasteiger partial charge >= 0.3 is 0 Å². The van der Waals surface area contributed by atoms with Crippen LogP contribution in [-0.2, 0) is 4.79 Å². The molecule has 0 aromatic carbocycles. The second-order valence-corrected chi connectivity index (χ2v) is 6.60. The summed E-state index contributed by atoms with van der Waals surface area (Å²) < 4.78 is 1.02. The molecule has 3 rings (SSSR count). The number of anilines is 1. The monoisotopic (exact) mass is 337 g/mol. The molecule has 1 saturated carbocycles. The zero-order valence-electron chi connectivity index (χ0n) is 11.5. The minimum atomic E-state index is 0.261. The Kier molecular flexibility index (Phi) is 4.24. The van der Waals surface area contributed by atoms with E-state index >= 15 is 0 Å². The van der Waals surface area contributed by atoms with Gasteiger partial charge in [-0.1, -0.05) is 6.42 Å². The second-order valence-electron chi connectivity index (χ2n) is 5.75. The molecule has 108 valence electrons. The van der Waals surface area contributed by atoms with Gasteiger partial charge in [0, 0.05) is 37.4 Å². The molecule has 2 fully saturated rings. The van der Waals surface area contributed by atoms with Crippen LogP contribution >= 0.6 is 15.9 Å². The van der Waals surface area contributed by atoms with Crippen LogP contribution in [0.15, 0.2) is 22.9 Å². The molecule has 5 heteroatoms. The maximum Gasteiger partial charge on any atom is 0.223 e. The van der Waals surface area contributed by atoms with Crippen molar-refractivity contribution >= 4 is 27.5 Å². The number of aromatic nitrogens is 1. The highest BCUT2D eigenvalue weighted by Gasteiger charge is 2.29. The molecule has 1 atom stereocenters. The van der Waals surface area contributed by atoms with Crippen molar-refractivity contribution in [1.29, 1.82) is 0 Å². The van der Waals surface area contributed by atoms with Gasteiger partial charge in [-0.05, 0) is 47.7 Å². The Morgan fingerprint density at radius 2 is 2.20 bits per heavy atom. The average Bonchev–Trinajstić information content (AvgIpc) is 2.37. The van der Waals surface area contributed by atoms with E-state index in [2.05, 4.69) is 31.1 Å². The summed E-state index contributed by atoms with van der Waals surface area (Å²) in [6.07, 6.45) is 9.18. The van der Waals surface area contributed by atoms with Crippen molar-refractivity contribution in [3.8, 4) is 0 Å². The van der Waals surface area contributed by atoms with Gasteiger partial charge in [0.2, 0.25) is 5.91 Å². The third-order valence-electron chi connectivity index (χ3n) is 4.34. The van der Waals surface area contributed by atoms with Gasteiger partial charge in [0.25, 0.3) is 0 Å². The minimum absolute atomic E-state index is 0.261. The largest absolute Gasteiger partial charge is 0.368 e.